The molecule has 0 bridgehead atoms. The van der Waals surface area contributed by atoms with Gasteiger partial charge in [-0.3, -0.25) is 14.9 Å². The van der Waals surface area contributed by atoms with Crippen molar-refractivity contribution in [3.05, 3.63) is 69.3 Å². The van der Waals surface area contributed by atoms with E-state index in [9.17, 15) is 14.9 Å². The van der Waals surface area contributed by atoms with Gasteiger partial charge in [0.05, 0.1) is 17.7 Å². The maximum Gasteiger partial charge on any atom is 0.273 e. The van der Waals surface area contributed by atoms with E-state index in [1.54, 1.807) is 36.4 Å². The first-order valence-electron chi connectivity index (χ1n) is 7.88. The highest BCUT2D eigenvalue weighted by Crippen LogP contribution is 2.20. The summed E-state index contributed by atoms with van der Waals surface area (Å²) in [5.41, 5.74) is 4.07. The molecule has 7 heteroatoms. The number of nitro groups is 1. The van der Waals surface area contributed by atoms with E-state index in [0.717, 1.165) is 0 Å². The SMILES string of the molecule is CCOc1ccc(C(=O)N/N=C\c2ccc(CC)c([N+](=O)[O-])c2)cc1. The topological polar surface area (TPSA) is 93.8 Å². The van der Waals surface area contributed by atoms with Crippen LogP contribution >= 0.6 is 0 Å². The second kappa shape index (κ2) is 8.58. The van der Waals surface area contributed by atoms with E-state index in [2.05, 4.69) is 10.5 Å². The highest BCUT2D eigenvalue weighted by atomic mass is 16.6. The van der Waals surface area contributed by atoms with Gasteiger partial charge in [-0.25, -0.2) is 5.43 Å². The summed E-state index contributed by atoms with van der Waals surface area (Å²) in [4.78, 5) is 22.6. The summed E-state index contributed by atoms with van der Waals surface area (Å²) >= 11 is 0. The maximum atomic E-state index is 12.0. The molecule has 0 aliphatic heterocycles. The van der Waals surface area contributed by atoms with Gasteiger partial charge in [0.25, 0.3) is 11.6 Å². The summed E-state index contributed by atoms with van der Waals surface area (Å²) in [6.07, 6.45) is 1.95. The lowest BCUT2D eigenvalue weighted by molar-refractivity contribution is -0.385. The number of aryl methyl sites for hydroxylation is 1. The molecule has 2 rings (SSSR count). The summed E-state index contributed by atoms with van der Waals surface area (Å²) < 4.78 is 5.31. The maximum absolute atomic E-state index is 12.0. The fraction of sp³-hybridized carbons (Fsp3) is 0.222. The molecular formula is C18H19N3O4. The van der Waals surface area contributed by atoms with E-state index in [-0.39, 0.29) is 11.6 Å². The number of hydrogen-bond donors (Lipinski definition) is 1. The molecule has 1 amide bonds. The van der Waals surface area contributed by atoms with Crippen molar-refractivity contribution >= 4 is 17.8 Å². The number of hydrogen-bond acceptors (Lipinski definition) is 5. The number of carbonyl (C=O) groups excluding carboxylic acids is 1. The van der Waals surface area contributed by atoms with Crippen LogP contribution in [0.25, 0.3) is 0 Å². The molecule has 0 saturated carbocycles. The summed E-state index contributed by atoms with van der Waals surface area (Å²) in [6.45, 7) is 4.29. The van der Waals surface area contributed by atoms with E-state index >= 15 is 0 Å². The Morgan fingerprint density at radius 3 is 2.56 bits per heavy atom. The smallest absolute Gasteiger partial charge is 0.273 e. The molecule has 0 aliphatic carbocycles. The molecule has 0 radical (unpaired) electrons. The summed E-state index contributed by atoms with van der Waals surface area (Å²) in [5.74, 6) is 0.310. The lowest BCUT2D eigenvalue weighted by Gasteiger charge is -2.04. The van der Waals surface area contributed by atoms with Gasteiger partial charge in [-0.2, -0.15) is 5.10 Å². The molecule has 0 spiro atoms. The van der Waals surface area contributed by atoms with Crippen molar-refractivity contribution in [1.29, 1.82) is 0 Å². The molecule has 130 valence electrons. The molecule has 0 atom stereocenters. The normalized spacial score (nSPS) is 10.6. The molecule has 0 saturated heterocycles. The van der Waals surface area contributed by atoms with Crippen LogP contribution in [-0.4, -0.2) is 23.7 Å². The third-order valence-corrected chi connectivity index (χ3v) is 3.49. The molecule has 0 heterocycles. The van der Waals surface area contributed by atoms with Crippen LogP contribution in [0.3, 0.4) is 0 Å². The molecule has 0 unspecified atom stereocenters. The van der Waals surface area contributed by atoms with Crippen LogP contribution in [0.4, 0.5) is 5.69 Å². The Hall–Kier alpha value is -3.22. The van der Waals surface area contributed by atoms with Crippen LogP contribution in [-0.2, 0) is 6.42 Å². The van der Waals surface area contributed by atoms with Gasteiger partial charge in [0.2, 0.25) is 0 Å². The molecule has 0 aliphatic rings. The van der Waals surface area contributed by atoms with Crippen LogP contribution in [0.5, 0.6) is 5.75 Å². The fourth-order valence-corrected chi connectivity index (χ4v) is 2.23. The molecular weight excluding hydrogens is 322 g/mol. The van der Waals surface area contributed by atoms with Gasteiger partial charge in [0.15, 0.2) is 0 Å². The molecule has 25 heavy (non-hydrogen) atoms. The van der Waals surface area contributed by atoms with Crippen LogP contribution in [0.1, 0.15) is 35.3 Å². The summed E-state index contributed by atoms with van der Waals surface area (Å²) in [6, 6.07) is 11.5. The van der Waals surface area contributed by atoms with Crippen molar-refractivity contribution < 1.29 is 14.5 Å². The number of benzene rings is 2. The van der Waals surface area contributed by atoms with Gasteiger partial charge < -0.3 is 4.74 Å². The number of carbonyl (C=O) groups is 1. The number of ether oxygens (including phenoxy) is 1. The third-order valence-electron chi connectivity index (χ3n) is 3.49. The monoisotopic (exact) mass is 341 g/mol. The second-order valence-electron chi connectivity index (χ2n) is 5.16. The number of hydrazone groups is 1. The molecule has 0 aromatic heterocycles. The first-order valence-corrected chi connectivity index (χ1v) is 7.88. The minimum Gasteiger partial charge on any atom is -0.494 e. The number of nitrogens with one attached hydrogen (secondary N) is 1. The number of nitro benzene ring substituents is 1. The van der Waals surface area contributed by atoms with Gasteiger partial charge >= 0.3 is 0 Å². The lowest BCUT2D eigenvalue weighted by atomic mass is 10.1. The molecule has 0 fully saturated rings. The van der Waals surface area contributed by atoms with Crippen molar-refractivity contribution in [1.82, 2.24) is 5.43 Å². The summed E-state index contributed by atoms with van der Waals surface area (Å²) in [7, 11) is 0. The first-order chi connectivity index (χ1) is 12.0. The predicted octanol–water partition coefficient (Wildman–Crippen LogP) is 3.32. The average molecular weight is 341 g/mol. The van der Waals surface area contributed by atoms with Crippen LogP contribution in [0.15, 0.2) is 47.6 Å². The van der Waals surface area contributed by atoms with Crippen LogP contribution in [0, 0.1) is 10.1 Å². The van der Waals surface area contributed by atoms with Crippen molar-refractivity contribution in [2.24, 2.45) is 5.10 Å². The predicted molar refractivity (Wildman–Crippen MR) is 95.1 cm³/mol. The fourth-order valence-electron chi connectivity index (χ4n) is 2.23. The number of rotatable bonds is 7. The highest BCUT2D eigenvalue weighted by Gasteiger charge is 2.12. The first kappa shape index (κ1) is 18.1. The molecule has 1 N–H and O–H groups in total. The van der Waals surface area contributed by atoms with E-state index < -0.39 is 4.92 Å². The molecule has 7 nitrogen and oxygen atoms in total. The Labute approximate surface area is 145 Å². The lowest BCUT2D eigenvalue weighted by Crippen LogP contribution is -2.17. The van der Waals surface area contributed by atoms with Gasteiger partial charge in [-0.1, -0.05) is 19.1 Å². The average Bonchev–Trinajstić information content (AvgIpc) is 2.62. The van der Waals surface area contributed by atoms with E-state index in [1.807, 2.05) is 13.8 Å². The van der Waals surface area contributed by atoms with Crippen molar-refractivity contribution in [2.45, 2.75) is 20.3 Å². The quantitative estimate of drug-likeness (QED) is 0.475. The number of nitrogens with zero attached hydrogens (tertiary/aromatic N) is 2. The Balaban J connectivity index is 2.03. The standard InChI is InChI=1S/C18H19N3O4/c1-3-14-6-5-13(11-17(14)21(23)24)12-19-20-18(22)15-7-9-16(10-8-15)25-4-2/h5-12H,3-4H2,1-2H3,(H,20,22)/b19-12-. The van der Waals surface area contributed by atoms with Gasteiger partial charge in [0, 0.05) is 22.8 Å². The Bertz CT molecular complexity index is 785. The molecule has 2 aromatic rings. The van der Waals surface area contributed by atoms with E-state index in [1.165, 1.54) is 12.3 Å². The Kier molecular flexibility index (Phi) is 6.22. The zero-order valence-electron chi connectivity index (χ0n) is 14.1. The van der Waals surface area contributed by atoms with Crippen LogP contribution < -0.4 is 10.2 Å². The van der Waals surface area contributed by atoms with Crippen LogP contribution in [0.2, 0.25) is 0 Å². The second-order valence-corrected chi connectivity index (χ2v) is 5.16. The van der Waals surface area contributed by atoms with Crippen molar-refractivity contribution in [2.75, 3.05) is 6.61 Å². The largest absolute Gasteiger partial charge is 0.494 e. The zero-order chi connectivity index (χ0) is 18.2. The number of amides is 1. The third kappa shape index (κ3) is 4.87. The Morgan fingerprint density at radius 2 is 1.96 bits per heavy atom. The highest BCUT2D eigenvalue weighted by molar-refractivity contribution is 5.95. The van der Waals surface area contributed by atoms with Gasteiger partial charge in [-0.15, -0.1) is 0 Å². The zero-order valence-corrected chi connectivity index (χ0v) is 14.1. The van der Waals surface area contributed by atoms with Gasteiger partial charge in [-0.05, 0) is 37.6 Å². The van der Waals surface area contributed by atoms with Crippen molar-refractivity contribution in [3.63, 3.8) is 0 Å². The van der Waals surface area contributed by atoms with E-state index in [0.29, 0.717) is 35.5 Å². The minimum atomic E-state index is -0.422. The van der Waals surface area contributed by atoms with Crippen molar-refractivity contribution in [3.8, 4) is 5.75 Å². The Morgan fingerprint density at radius 1 is 1.24 bits per heavy atom. The minimum absolute atomic E-state index is 0.0456. The summed E-state index contributed by atoms with van der Waals surface area (Å²) in [5, 5.41) is 14.9. The van der Waals surface area contributed by atoms with Gasteiger partial charge in [0.1, 0.15) is 5.75 Å². The van der Waals surface area contributed by atoms with E-state index in [4.69, 9.17) is 4.74 Å². The molecule has 2 aromatic carbocycles.